The van der Waals surface area contributed by atoms with E-state index in [4.69, 9.17) is 9.47 Å². The number of carbonyl (C=O) groups is 4. The van der Waals surface area contributed by atoms with Crippen LogP contribution in [0.2, 0.25) is 0 Å². The van der Waals surface area contributed by atoms with Crippen molar-refractivity contribution in [3.05, 3.63) is 82.9 Å². The Labute approximate surface area is 195 Å². The van der Waals surface area contributed by atoms with Gasteiger partial charge in [0, 0.05) is 11.1 Å². The zero-order valence-corrected chi connectivity index (χ0v) is 18.5. The lowest BCUT2D eigenvalue weighted by atomic mass is 10.1. The van der Waals surface area contributed by atoms with E-state index in [0.29, 0.717) is 45.1 Å². The molecule has 0 spiro atoms. The Balaban J connectivity index is 1.50. The zero-order valence-electron chi connectivity index (χ0n) is 18.5. The van der Waals surface area contributed by atoms with E-state index in [9.17, 15) is 19.2 Å². The van der Waals surface area contributed by atoms with Crippen molar-refractivity contribution in [2.75, 3.05) is 24.0 Å². The summed E-state index contributed by atoms with van der Waals surface area (Å²) in [5, 5.41) is 0. The smallest absolute Gasteiger partial charge is 0.299 e. The van der Waals surface area contributed by atoms with Crippen molar-refractivity contribution < 1.29 is 28.7 Å². The molecule has 3 aromatic rings. The van der Waals surface area contributed by atoms with Crippen molar-refractivity contribution in [3.63, 3.8) is 0 Å². The number of anilines is 2. The molecule has 5 rings (SSSR count). The summed E-state index contributed by atoms with van der Waals surface area (Å²) in [6.07, 6.45) is 0. The van der Waals surface area contributed by atoms with Gasteiger partial charge in [-0.05, 0) is 36.4 Å². The minimum Gasteiger partial charge on any atom is -0.496 e. The second kappa shape index (κ2) is 8.15. The predicted octanol–water partition coefficient (Wildman–Crippen LogP) is 3.16. The van der Waals surface area contributed by atoms with Crippen LogP contribution in [0.15, 0.2) is 60.7 Å². The number of nitrogens with zero attached hydrogens (tertiary/aromatic N) is 2. The maximum Gasteiger partial charge on any atom is 0.299 e. The van der Waals surface area contributed by atoms with Crippen molar-refractivity contribution in [3.8, 4) is 11.5 Å². The van der Waals surface area contributed by atoms with Gasteiger partial charge in [-0.15, -0.1) is 0 Å². The molecule has 2 aliphatic heterocycles. The van der Waals surface area contributed by atoms with Gasteiger partial charge in [0.2, 0.25) is 0 Å². The van der Waals surface area contributed by atoms with Crippen molar-refractivity contribution in [2.24, 2.45) is 0 Å². The largest absolute Gasteiger partial charge is 0.496 e. The van der Waals surface area contributed by atoms with E-state index in [1.807, 2.05) is 0 Å². The Morgan fingerprint density at radius 3 is 1.38 bits per heavy atom. The molecule has 0 fully saturated rings. The van der Waals surface area contributed by atoms with E-state index in [-0.39, 0.29) is 13.1 Å². The van der Waals surface area contributed by atoms with Gasteiger partial charge in [-0.2, -0.15) is 0 Å². The summed E-state index contributed by atoms with van der Waals surface area (Å²) in [6.45, 7) is 0.205. The number of hydrogen-bond donors (Lipinski definition) is 0. The van der Waals surface area contributed by atoms with Crippen molar-refractivity contribution in [1.29, 1.82) is 0 Å². The molecule has 0 bridgehead atoms. The predicted molar refractivity (Wildman–Crippen MR) is 123 cm³/mol. The Morgan fingerprint density at radius 2 is 1.00 bits per heavy atom. The third-order valence-electron chi connectivity index (χ3n) is 6.10. The van der Waals surface area contributed by atoms with Crippen LogP contribution >= 0.6 is 0 Å². The first kappa shape index (κ1) is 21.4. The highest BCUT2D eigenvalue weighted by Gasteiger charge is 2.37. The van der Waals surface area contributed by atoms with Crippen LogP contribution in [0.4, 0.5) is 11.4 Å². The van der Waals surface area contributed by atoms with E-state index in [0.717, 1.165) is 0 Å². The average molecular weight is 456 g/mol. The minimum absolute atomic E-state index is 0.103. The van der Waals surface area contributed by atoms with Gasteiger partial charge in [-0.3, -0.25) is 19.2 Å². The number of Topliss-reactive ketones (excluding diaryl/α,β-unsaturated/α-hetero) is 2. The van der Waals surface area contributed by atoms with Crippen LogP contribution in [0.3, 0.4) is 0 Å². The van der Waals surface area contributed by atoms with Crippen molar-refractivity contribution in [2.45, 2.75) is 13.1 Å². The lowest BCUT2D eigenvalue weighted by Gasteiger charge is -2.22. The monoisotopic (exact) mass is 456 g/mol. The van der Waals surface area contributed by atoms with Gasteiger partial charge >= 0.3 is 0 Å². The van der Waals surface area contributed by atoms with Gasteiger partial charge in [0.15, 0.2) is 0 Å². The molecular weight excluding hydrogens is 436 g/mol. The van der Waals surface area contributed by atoms with Gasteiger partial charge in [-0.1, -0.05) is 24.3 Å². The molecule has 0 N–H and O–H groups in total. The Morgan fingerprint density at radius 1 is 0.618 bits per heavy atom. The third kappa shape index (κ3) is 3.23. The highest BCUT2D eigenvalue weighted by molar-refractivity contribution is 6.52. The summed E-state index contributed by atoms with van der Waals surface area (Å²) in [5.41, 5.74) is 3.08. The standard InChI is InChI=1S/C26H20N2O6/c1-33-21-11-16(14-28-20-10-6-4-8-18(20)24(30)26(28)32)22(34-2)12-15(21)13-27-19-9-5-3-7-17(19)23(29)25(27)31/h3-12H,13-14H2,1-2H3. The summed E-state index contributed by atoms with van der Waals surface area (Å²) < 4.78 is 11.2. The van der Waals surface area contributed by atoms with E-state index >= 15 is 0 Å². The molecule has 0 saturated heterocycles. The van der Waals surface area contributed by atoms with Gasteiger partial charge in [0.05, 0.1) is 49.8 Å². The maximum atomic E-state index is 12.6. The lowest BCUT2D eigenvalue weighted by Crippen LogP contribution is -2.30. The molecule has 8 heteroatoms. The van der Waals surface area contributed by atoms with Crippen molar-refractivity contribution >= 4 is 34.8 Å². The Bertz CT molecular complexity index is 1270. The summed E-state index contributed by atoms with van der Waals surface area (Å²) in [4.78, 5) is 52.8. The molecule has 0 aliphatic carbocycles. The van der Waals surface area contributed by atoms with Gasteiger partial charge in [0.25, 0.3) is 23.4 Å². The molecule has 0 radical (unpaired) electrons. The molecule has 0 saturated carbocycles. The van der Waals surface area contributed by atoms with Gasteiger partial charge < -0.3 is 19.3 Å². The minimum atomic E-state index is -0.607. The summed E-state index contributed by atoms with van der Waals surface area (Å²) >= 11 is 0. The molecule has 2 aliphatic rings. The van der Waals surface area contributed by atoms with Crippen LogP contribution in [0.25, 0.3) is 0 Å². The zero-order chi connectivity index (χ0) is 24.0. The lowest BCUT2D eigenvalue weighted by molar-refractivity contribution is -0.115. The number of ether oxygens (including phenoxy) is 2. The van der Waals surface area contributed by atoms with Crippen LogP contribution in [0.1, 0.15) is 31.8 Å². The SMILES string of the molecule is COc1cc(CN2C(=O)C(=O)c3ccccc32)c(OC)cc1CN1C(=O)C(=O)c2ccccc21. The van der Waals surface area contributed by atoms with Crippen LogP contribution in [-0.2, 0) is 22.7 Å². The second-order valence-corrected chi connectivity index (χ2v) is 7.95. The Hall–Kier alpha value is -4.46. The number of rotatable bonds is 6. The number of methoxy groups -OCH3 is 2. The van der Waals surface area contributed by atoms with Crippen LogP contribution in [-0.4, -0.2) is 37.6 Å². The number of ketones is 2. The first-order valence-electron chi connectivity index (χ1n) is 10.6. The second-order valence-electron chi connectivity index (χ2n) is 7.95. The Kier molecular flexibility index (Phi) is 5.13. The number of para-hydroxylation sites is 2. The molecule has 170 valence electrons. The molecule has 0 unspecified atom stereocenters. The van der Waals surface area contributed by atoms with Crippen LogP contribution in [0, 0.1) is 0 Å². The number of carbonyl (C=O) groups excluding carboxylic acids is 4. The molecular formula is C26H20N2O6. The number of benzene rings is 3. The van der Waals surface area contributed by atoms with E-state index < -0.39 is 23.4 Å². The molecule has 0 atom stereocenters. The first-order valence-corrected chi connectivity index (χ1v) is 10.6. The summed E-state index contributed by atoms with van der Waals surface area (Å²) in [6, 6.07) is 17.1. The van der Waals surface area contributed by atoms with Crippen molar-refractivity contribution in [1.82, 2.24) is 0 Å². The third-order valence-corrected chi connectivity index (χ3v) is 6.10. The fourth-order valence-electron chi connectivity index (χ4n) is 4.42. The fourth-order valence-corrected chi connectivity index (χ4v) is 4.42. The molecule has 3 aromatic carbocycles. The van der Waals surface area contributed by atoms with E-state index in [1.54, 1.807) is 60.7 Å². The maximum absolute atomic E-state index is 12.6. The van der Waals surface area contributed by atoms with Gasteiger partial charge in [0.1, 0.15) is 11.5 Å². The fraction of sp³-hybridized carbons (Fsp3) is 0.154. The number of fused-ring (bicyclic) bond motifs is 2. The quantitative estimate of drug-likeness (QED) is 0.529. The first-order chi connectivity index (χ1) is 16.4. The molecule has 2 heterocycles. The highest BCUT2D eigenvalue weighted by atomic mass is 16.5. The van der Waals surface area contributed by atoms with E-state index in [2.05, 4.69) is 0 Å². The van der Waals surface area contributed by atoms with E-state index in [1.165, 1.54) is 24.0 Å². The molecule has 0 aromatic heterocycles. The normalized spacial score (nSPS) is 14.5. The molecule has 34 heavy (non-hydrogen) atoms. The average Bonchev–Trinajstić information content (AvgIpc) is 3.25. The van der Waals surface area contributed by atoms with Crippen LogP contribution < -0.4 is 19.3 Å². The molecule has 8 nitrogen and oxygen atoms in total. The molecule has 2 amide bonds. The summed E-state index contributed by atoms with van der Waals surface area (Å²) in [5.74, 6) is -1.38. The number of amides is 2. The summed E-state index contributed by atoms with van der Waals surface area (Å²) in [7, 11) is 3.00. The topological polar surface area (TPSA) is 93.2 Å². The number of hydrogen-bond acceptors (Lipinski definition) is 6. The highest BCUT2D eigenvalue weighted by Crippen LogP contribution is 2.37. The van der Waals surface area contributed by atoms with Crippen LogP contribution in [0.5, 0.6) is 11.5 Å². The van der Waals surface area contributed by atoms with Gasteiger partial charge in [-0.25, -0.2) is 0 Å².